The standard InChI is InChI=1S/C32H30N4O6S/c1-40-27-19-29(42-3)28(41-2)18-22(27)17-26(36-31(38)21-7-5-4-6-8-21)32(39)35-23-9-11-25(12-10-23)43-20-30(37)34-24-13-15-33-16-14-24/h4-19H,20H2,1-3H3,(H,35,39)(H,36,38)(H,33,34,37)/b26-17-. The first-order valence-electron chi connectivity index (χ1n) is 13.0. The van der Waals surface area contributed by atoms with E-state index >= 15 is 0 Å². The summed E-state index contributed by atoms with van der Waals surface area (Å²) >= 11 is 1.36. The molecule has 1 heterocycles. The molecule has 0 spiro atoms. The number of amides is 3. The Hall–Kier alpha value is -5.29. The highest BCUT2D eigenvalue weighted by atomic mass is 32.2. The van der Waals surface area contributed by atoms with Crippen molar-refractivity contribution in [1.29, 1.82) is 0 Å². The van der Waals surface area contributed by atoms with Crippen LogP contribution >= 0.6 is 11.8 Å². The molecule has 0 saturated heterocycles. The number of anilines is 2. The number of carbonyl (C=O) groups is 3. The predicted octanol–water partition coefficient (Wildman–Crippen LogP) is 5.25. The number of hydrogen-bond donors (Lipinski definition) is 3. The molecule has 4 rings (SSSR count). The van der Waals surface area contributed by atoms with Crippen LogP contribution in [0.1, 0.15) is 15.9 Å². The third-order valence-electron chi connectivity index (χ3n) is 6.01. The van der Waals surface area contributed by atoms with Crippen molar-refractivity contribution in [3.63, 3.8) is 0 Å². The number of nitrogens with one attached hydrogen (secondary N) is 3. The highest BCUT2D eigenvalue weighted by Gasteiger charge is 2.18. The van der Waals surface area contributed by atoms with E-state index in [1.807, 2.05) is 0 Å². The van der Waals surface area contributed by atoms with Crippen molar-refractivity contribution in [1.82, 2.24) is 10.3 Å². The van der Waals surface area contributed by atoms with Crippen molar-refractivity contribution < 1.29 is 28.6 Å². The Bertz CT molecular complexity index is 1600. The van der Waals surface area contributed by atoms with E-state index in [9.17, 15) is 14.4 Å². The first-order chi connectivity index (χ1) is 20.9. The molecule has 0 aliphatic rings. The van der Waals surface area contributed by atoms with Crippen molar-refractivity contribution in [2.75, 3.05) is 37.7 Å². The Balaban J connectivity index is 1.51. The first-order valence-corrected chi connectivity index (χ1v) is 14.0. The summed E-state index contributed by atoms with van der Waals surface area (Å²) in [4.78, 5) is 43.5. The quantitative estimate of drug-likeness (QED) is 0.149. The molecular formula is C32H30N4O6S. The fourth-order valence-electron chi connectivity index (χ4n) is 3.88. The van der Waals surface area contributed by atoms with Crippen LogP contribution in [0.3, 0.4) is 0 Å². The fourth-order valence-corrected chi connectivity index (χ4v) is 4.58. The maximum absolute atomic E-state index is 13.5. The van der Waals surface area contributed by atoms with Crippen LogP contribution in [0.4, 0.5) is 11.4 Å². The topological polar surface area (TPSA) is 128 Å². The van der Waals surface area contributed by atoms with Gasteiger partial charge in [0.2, 0.25) is 5.91 Å². The summed E-state index contributed by atoms with van der Waals surface area (Å²) in [6, 6.07) is 22.3. The van der Waals surface area contributed by atoms with Crippen molar-refractivity contribution in [3.8, 4) is 17.2 Å². The van der Waals surface area contributed by atoms with Crippen LogP contribution in [-0.2, 0) is 9.59 Å². The Morgan fingerprint density at radius 2 is 1.40 bits per heavy atom. The van der Waals surface area contributed by atoms with E-state index in [1.54, 1.807) is 91.3 Å². The molecule has 0 bridgehead atoms. The average Bonchev–Trinajstić information content (AvgIpc) is 3.04. The van der Waals surface area contributed by atoms with Crippen LogP contribution in [0, 0.1) is 0 Å². The molecule has 0 aliphatic heterocycles. The van der Waals surface area contributed by atoms with Crippen LogP contribution in [0.15, 0.2) is 102 Å². The van der Waals surface area contributed by atoms with Crippen LogP contribution in [0.2, 0.25) is 0 Å². The normalized spacial score (nSPS) is 10.8. The molecular weight excluding hydrogens is 568 g/mol. The summed E-state index contributed by atoms with van der Waals surface area (Å²) < 4.78 is 16.3. The summed E-state index contributed by atoms with van der Waals surface area (Å²) in [5.41, 5.74) is 2.01. The lowest BCUT2D eigenvalue weighted by Crippen LogP contribution is -2.30. The number of ether oxygens (including phenoxy) is 3. The zero-order valence-electron chi connectivity index (χ0n) is 23.7. The lowest BCUT2D eigenvalue weighted by atomic mass is 10.1. The molecule has 43 heavy (non-hydrogen) atoms. The van der Waals surface area contributed by atoms with Gasteiger partial charge in [0.1, 0.15) is 11.4 Å². The zero-order chi connectivity index (χ0) is 30.6. The highest BCUT2D eigenvalue weighted by Crippen LogP contribution is 2.35. The van der Waals surface area contributed by atoms with Gasteiger partial charge < -0.3 is 30.2 Å². The lowest BCUT2D eigenvalue weighted by Gasteiger charge is -2.15. The number of thioether (sulfide) groups is 1. The molecule has 3 aromatic carbocycles. The Morgan fingerprint density at radius 3 is 2.05 bits per heavy atom. The molecule has 0 radical (unpaired) electrons. The highest BCUT2D eigenvalue weighted by molar-refractivity contribution is 8.00. The van der Waals surface area contributed by atoms with E-state index in [1.165, 1.54) is 39.2 Å². The van der Waals surface area contributed by atoms with E-state index < -0.39 is 11.8 Å². The minimum atomic E-state index is -0.557. The van der Waals surface area contributed by atoms with Gasteiger partial charge in [-0.3, -0.25) is 19.4 Å². The Morgan fingerprint density at radius 1 is 0.767 bits per heavy atom. The summed E-state index contributed by atoms with van der Waals surface area (Å²) in [6.45, 7) is 0. The third-order valence-corrected chi connectivity index (χ3v) is 7.02. The fraction of sp³-hybridized carbons (Fsp3) is 0.125. The molecule has 0 saturated carbocycles. The number of aromatic nitrogens is 1. The van der Waals surface area contributed by atoms with Gasteiger partial charge in [0.25, 0.3) is 11.8 Å². The van der Waals surface area contributed by atoms with E-state index in [0.717, 1.165) is 4.90 Å². The second-order valence-corrected chi connectivity index (χ2v) is 9.93. The molecule has 3 N–H and O–H groups in total. The van der Waals surface area contributed by atoms with E-state index in [4.69, 9.17) is 14.2 Å². The largest absolute Gasteiger partial charge is 0.496 e. The molecule has 11 heteroatoms. The minimum Gasteiger partial charge on any atom is -0.496 e. The van der Waals surface area contributed by atoms with Crippen LogP contribution < -0.4 is 30.2 Å². The average molecular weight is 599 g/mol. The smallest absolute Gasteiger partial charge is 0.272 e. The number of rotatable bonds is 12. The summed E-state index contributed by atoms with van der Waals surface area (Å²) in [5, 5.41) is 8.34. The summed E-state index contributed by atoms with van der Waals surface area (Å²) in [5.74, 6) is 0.320. The first kappa shape index (κ1) is 30.7. The number of nitrogens with zero attached hydrogens (tertiary/aromatic N) is 1. The van der Waals surface area contributed by atoms with E-state index in [2.05, 4.69) is 20.9 Å². The van der Waals surface area contributed by atoms with Gasteiger partial charge in [-0.05, 0) is 60.7 Å². The van der Waals surface area contributed by atoms with Gasteiger partial charge >= 0.3 is 0 Å². The SMILES string of the molecule is COc1cc(OC)c(OC)cc1/C=C(\NC(=O)c1ccccc1)C(=O)Nc1ccc(SCC(=O)Nc2ccncc2)cc1. The molecule has 0 unspecified atom stereocenters. The van der Waals surface area contributed by atoms with Crippen LogP contribution in [0.5, 0.6) is 17.2 Å². The van der Waals surface area contributed by atoms with Crippen molar-refractivity contribution in [3.05, 3.63) is 108 Å². The predicted molar refractivity (Wildman–Crippen MR) is 167 cm³/mol. The van der Waals surface area contributed by atoms with Crippen LogP contribution in [0.25, 0.3) is 6.08 Å². The molecule has 3 amide bonds. The summed E-state index contributed by atoms with van der Waals surface area (Å²) in [6.07, 6.45) is 4.71. The molecule has 0 atom stereocenters. The number of pyridine rings is 1. The van der Waals surface area contributed by atoms with Gasteiger partial charge in [-0.2, -0.15) is 0 Å². The second-order valence-electron chi connectivity index (χ2n) is 8.88. The van der Waals surface area contributed by atoms with Gasteiger partial charge in [-0.25, -0.2) is 0 Å². The minimum absolute atomic E-state index is 0.0226. The number of methoxy groups -OCH3 is 3. The Labute approximate surface area is 253 Å². The monoisotopic (exact) mass is 598 g/mol. The third kappa shape index (κ3) is 8.60. The molecule has 0 aliphatic carbocycles. The number of hydrogen-bond acceptors (Lipinski definition) is 8. The molecule has 10 nitrogen and oxygen atoms in total. The van der Waals surface area contributed by atoms with Crippen LogP contribution in [-0.4, -0.2) is 49.8 Å². The molecule has 4 aromatic rings. The van der Waals surface area contributed by atoms with Crippen molar-refractivity contribution in [2.45, 2.75) is 4.90 Å². The van der Waals surface area contributed by atoms with Gasteiger partial charge in [-0.1, -0.05) is 18.2 Å². The van der Waals surface area contributed by atoms with Gasteiger partial charge in [0.05, 0.1) is 27.1 Å². The maximum Gasteiger partial charge on any atom is 0.272 e. The zero-order valence-corrected chi connectivity index (χ0v) is 24.6. The van der Waals surface area contributed by atoms with Gasteiger partial charge in [-0.15, -0.1) is 11.8 Å². The molecule has 220 valence electrons. The van der Waals surface area contributed by atoms with Crippen molar-refractivity contribution >= 4 is 46.9 Å². The molecule has 0 fully saturated rings. The molecule has 1 aromatic heterocycles. The van der Waals surface area contributed by atoms with Gasteiger partial charge in [0.15, 0.2) is 11.5 Å². The number of carbonyl (C=O) groups excluding carboxylic acids is 3. The number of benzene rings is 3. The lowest BCUT2D eigenvalue weighted by molar-refractivity contribution is -0.114. The maximum atomic E-state index is 13.5. The van der Waals surface area contributed by atoms with Crippen molar-refractivity contribution in [2.24, 2.45) is 0 Å². The van der Waals surface area contributed by atoms with E-state index in [0.29, 0.717) is 39.8 Å². The summed E-state index contributed by atoms with van der Waals surface area (Å²) in [7, 11) is 4.49. The second kappa shape index (κ2) is 15.1. The van der Waals surface area contributed by atoms with Gasteiger partial charge in [0, 0.05) is 45.9 Å². The van der Waals surface area contributed by atoms with E-state index in [-0.39, 0.29) is 17.4 Å². The Kier molecular flexibility index (Phi) is 10.8.